The molecule has 30 heavy (non-hydrogen) atoms. The fraction of sp³-hybridized carbons (Fsp3) is 0.348. The van der Waals surface area contributed by atoms with E-state index in [0.29, 0.717) is 6.42 Å². The van der Waals surface area contributed by atoms with Crippen LogP contribution in [-0.2, 0) is 22.5 Å². The van der Waals surface area contributed by atoms with Crippen molar-refractivity contribution in [3.8, 4) is 0 Å². The van der Waals surface area contributed by atoms with E-state index in [2.05, 4.69) is 0 Å². The van der Waals surface area contributed by atoms with Gasteiger partial charge in [0, 0.05) is 0 Å². The Hall–Kier alpha value is -3.35. The number of nitrogens with zero attached hydrogens (tertiary/aromatic N) is 2. The van der Waals surface area contributed by atoms with Crippen LogP contribution < -0.4 is 0 Å². The minimum atomic E-state index is -0.782. The van der Waals surface area contributed by atoms with Gasteiger partial charge in [-0.15, -0.1) is 0 Å². The molecule has 7 heteroatoms. The van der Waals surface area contributed by atoms with Crippen molar-refractivity contribution in [1.82, 2.24) is 9.80 Å². The van der Waals surface area contributed by atoms with E-state index < -0.39 is 29.9 Å². The molecule has 4 amide bonds. The van der Waals surface area contributed by atoms with E-state index in [4.69, 9.17) is 9.47 Å². The van der Waals surface area contributed by atoms with E-state index in [9.17, 15) is 14.4 Å². The number of amides is 4. The van der Waals surface area contributed by atoms with Gasteiger partial charge in [-0.1, -0.05) is 60.7 Å². The van der Waals surface area contributed by atoms with Crippen molar-refractivity contribution in [1.29, 1.82) is 0 Å². The van der Waals surface area contributed by atoms with Gasteiger partial charge in [0.15, 0.2) is 0 Å². The Bertz CT molecular complexity index is 893. The first-order valence-electron chi connectivity index (χ1n) is 9.83. The van der Waals surface area contributed by atoms with Gasteiger partial charge >= 0.3 is 18.2 Å². The maximum Gasteiger partial charge on any atom is 0.418 e. The van der Waals surface area contributed by atoms with Gasteiger partial charge in [-0.05, 0) is 38.3 Å². The van der Waals surface area contributed by atoms with Crippen molar-refractivity contribution in [2.45, 2.75) is 45.4 Å². The summed E-state index contributed by atoms with van der Waals surface area (Å²) in [5.41, 5.74) is 0.997. The lowest BCUT2D eigenvalue weighted by Gasteiger charge is -2.23. The summed E-state index contributed by atoms with van der Waals surface area (Å²) in [4.78, 5) is 40.2. The number of hydrogen-bond donors (Lipinski definition) is 0. The van der Waals surface area contributed by atoms with Gasteiger partial charge in [0.2, 0.25) is 0 Å². The molecule has 0 bridgehead atoms. The summed E-state index contributed by atoms with van der Waals surface area (Å²) in [6.45, 7) is 5.24. The molecule has 0 aromatic heterocycles. The third kappa shape index (κ3) is 5.37. The molecule has 3 rings (SSSR count). The maximum atomic E-state index is 12.9. The standard InChI is InChI=1S/C23H26N2O5/c1-23(2,3)30-21(27)24-15-19(14-17-10-6-4-7-11-17)25(20(24)26)22(28)29-16-18-12-8-5-9-13-18/h4-13,19H,14-16H2,1-3H3/t19-/m1/s1. The Morgan fingerprint density at radius 2 is 1.50 bits per heavy atom. The van der Waals surface area contributed by atoms with Crippen LogP contribution in [0.4, 0.5) is 14.4 Å². The van der Waals surface area contributed by atoms with E-state index in [1.807, 2.05) is 60.7 Å². The summed E-state index contributed by atoms with van der Waals surface area (Å²) in [7, 11) is 0. The molecule has 1 atom stereocenters. The highest BCUT2D eigenvalue weighted by atomic mass is 16.6. The predicted molar refractivity (Wildman–Crippen MR) is 111 cm³/mol. The first kappa shape index (κ1) is 21.4. The highest BCUT2D eigenvalue weighted by molar-refractivity contribution is 6.01. The second-order valence-electron chi connectivity index (χ2n) is 8.13. The van der Waals surface area contributed by atoms with Crippen LogP contribution in [0.1, 0.15) is 31.9 Å². The minimum Gasteiger partial charge on any atom is -0.444 e. The summed E-state index contributed by atoms with van der Waals surface area (Å²) in [6.07, 6.45) is -1.15. The normalized spacial score (nSPS) is 16.5. The van der Waals surface area contributed by atoms with Crippen LogP contribution in [-0.4, -0.2) is 46.2 Å². The van der Waals surface area contributed by atoms with Crippen LogP contribution in [0.2, 0.25) is 0 Å². The molecule has 158 valence electrons. The molecule has 0 N–H and O–H groups in total. The van der Waals surface area contributed by atoms with Crippen molar-refractivity contribution in [2.24, 2.45) is 0 Å². The quantitative estimate of drug-likeness (QED) is 0.736. The molecular formula is C23H26N2O5. The number of carbonyl (C=O) groups is 3. The predicted octanol–water partition coefficient (Wildman–Crippen LogP) is 4.61. The minimum absolute atomic E-state index is 0.0357. The summed E-state index contributed by atoms with van der Waals surface area (Å²) in [5.74, 6) is 0. The number of hydrogen-bond acceptors (Lipinski definition) is 5. The van der Waals surface area contributed by atoms with Crippen molar-refractivity contribution in [3.05, 3.63) is 71.8 Å². The molecule has 2 aromatic carbocycles. The van der Waals surface area contributed by atoms with E-state index >= 15 is 0 Å². The fourth-order valence-electron chi connectivity index (χ4n) is 3.18. The third-order valence-corrected chi connectivity index (χ3v) is 4.53. The van der Waals surface area contributed by atoms with E-state index in [-0.39, 0.29) is 13.2 Å². The fourth-order valence-corrected chi connectivity index (χ4v) is 3.18. The van der Waals surface area contributed by atoms with Gasteiger partial charge in [-0.2, -0.15) is 0 Å². The number of carbonyl (C=O) groups excluding carboxylic acids is 3. The summed E-state index contributed by atoms with van der Waals surface area (Å²) >= 11 is 0. The molecule has 1 aliphatic rings. The molecule has 0 radical (unpaired) electrons. The van der Waals surface area contributed by atoms with Gasteiger partial charge in [0.05, 0.1) is 12.6 Å². The lowest BCUT2D eigenvalue weighted by Crippen LogP contribution is -2.43. The zero-order valence-corrected chi connectivity index (χ0v) is 17.4. The smallest absolute Gasteiger partial charge is 0.418 e. The molecule has 1 fully saturated rings. The molecule has 7 nitrogen and oxygen atoms in total. The first-order valence-corrected chi connectivity index (χ1v) is 9.83. The van der Waals surface area contributed by atoms with E-state index in [1.165, 1.54) is 0 Å². The van der Waals surface area contributed by atoms with Crippen LogP contribution in [0.15, 0.2) is 60.7 Å². The van der Waals surface area contributed by atoms with E-state index in [0.717, 1.165) is 20.9 Å². The highest BCUT2D eigenvalue weighted by Gasteiger charge is 2.46. The molecule has 2 aromatic rings. The Balaban J connectivity index is 1.77. The average Bonchev–Trinajstić information content (AvgIpc) is 3.02. The molecule has 1 heterocycles. The van der Waals surface area contributed by atoms with Crippen molar-refractivity contribution < 1.29 is 23.9 Å². The Labute approximate surface area is 176 Å². The Kier molecular flexibility index (Phi) is 6.40. The van der Waals surface area contributed by atoms with E-state index in [1.54, 1.807) is 20.8 Å². The molecule has 1 aliphatic heterocycles. The Morgan fingerprint density at radius 1 is 0.933 bits per heavy atom. The second kappa shape index (κ2) is 8.98. The van der Waals surface area contributed by atoms with Crippen LogP contribution in [0, 0.1) is 0 Å². The van der Waals surface area contributed by atoms with Crippen molar-refractivity contribution in [2.75, 3.05) is 6.54 Å². The molecule has 0 spiro atoms. The lowest BCUT2D eigenvalue weighted by atomic mass is 10.1. The van der Waals surface area contributed by atoms with Gasteiger partial charge in [0.25, 0.3) is 0 Å². The van der Waals surface area contributed by atoms with Gasteiger partial charge in [-0.25, -0.2) is 24.2 Å². The molecule has 0 saturated carbocycles. The summed E-state index contributed by atoms with van der Waals surface area (Å²) < 4.78 is 10.7. The lowest BCUT2D eigenvalue weighted by molar-refractivity contribution is 0.0345. The number of ether oxygens (including phenoxy) is 2. The Morgan fingerprint density at radius 3 is 2.07 bits per heavy atom. The number of imide groups is 2. The van der Waals surface area contributed by atoms with Crippen LogP contribution in [0.25, 0.3) is 0 Å². The zero-order valence-electron chi connectivity index (χ0n) is 17.4. The van der Waals surface area contributed by atoms with Crippen LogP contribution >= 0.6 is 0 Å². The first-order chi connectivity index (χ1) is 14.2. The zero-order chi connectivity index (χ0) is 21.7. The second-order valence-corrected chi connectivity index (χ2v) is 8.13. The molecule has 0 unspecified atom stereocenters. The van der Waals surface area contributed by atoms with Gasteiger partial charge < -0.3 is 9.47 Å². The summed E-state index contributed by atoms with van der Waals surface area (Å²) in [6, 6.07) is 17.4. The monoisotopic (exact) mass is 410 g/mol. The van der Waals surface area contributed by atoms with Crippen molar-refractivity contribution in [3.63, 3.8) is 0 Å². The van der Waals surface area contributed by atoms with Gasteiger partial charge in [-0.3, -0.25) is 0 Å². The molecular weight excluding hydrogens is 384 g/mol. The van der Waals surface area contributed by atoms with Crippen molar-refractivity contribution >= 4 is 18.2 Å². The number of urea groups is 1. The summed E-state index contributed by atoms with van der Waals surface area (Å²) in [5, 5.41) is 0. The number of benzene rings is 2. The topological polar surface area (TPSA) is 76.2 Å². The largest absolute Gasteiger partial charge is 0.444 e. The highest BCUT2D eigenvalue weighted by Crippen LogP contribution is 2.23. The third-order valence-electron chi connectivity index (χ3n) is 4.53. The molecule has 1 saturated heterocycles. The maximum absolute atomic E-state index is 12.9. The van der Waals surface area contributed by atoms with Crippen LogP contribution in [0.3, 0.4) is 0 Å². The molecule has 0 aliphatic carbocycles. The number of rotatable bonds is 4. The average molecular weight is 410 g/mol. The van der Waals surface area contributed by atoms with Gasteiger partial charge in [0.1, 0.15) is 12.2 Å². The van der Waals surface area contributed by atoms with Crippen LogP contribution in [0.5, 0.6) is 0 Å². The SMILES string of the molecule is CC(C)(C)OC(=O)N1C[C@@H](Cc2ccccc2)N(C(=O)OCc2ccccc2)C1=O.